The first-order chi connectivity index (χ1) is 12.5. The minimum Gasteiger partial charge on any atom is -0.493 e. The van der Waals surface area contributed by atoms with Gasteiger partial charge in [0.15, 0.2) is 5.96 Å². The van der Waals surface area contributed by atoms with E-state index in [0.717, 1.165) is 28.0 Å². The number of aromatic nitrogens is 1. The molecule has 5 nitrogen and oxygen atoms in total. The monoisotopic (exact) mass is 374 g/mol. The summed E-state index contributed by atoms with van der Waals surface area (Å²) >= 11 is 1.68. The van der Waals surface area contributed by atoms with E-state index < -0.39 is 0 Å². The summed E-state index contributed by atoms with van der Waals surface area (Å²) in [6.07, 6.45) is 0. The van der Waals surface area contributed by atoms with Crippen molar-refractivity contribution >= 4 is 17.3 Å². The van der Waals surface area contributed by atoms with Crippen LogP contribution in [0.3, 0.4) is 0 Å². The first-order valence-corrected chi connectivity index (χ1v) is 9.97. The summed E-state index contributed by atoms with van der Waals surface area (Å²) in [6, 6.07) is 8.11. The van der Waals surface area contributed by atoms with Crippen molar-refractivity contribution in [2.45, 2.75) is 46.7 Å². The van der Waals surface area contributed by atoms with Gasteiger partial charge < -0.3 is 15.4 Å². The molecule has 0 saturated heterocycles. The molecule has 2 N–H and O–H groups in total. The molecule has 0 fully saturated rings. The third kappa shape index (κ3) is 6.33. The Hall–Kier alpha value is -2.08. The molecule has 0 aliphatic carbocycles. The van der Waals surface area contributed by atoms with Gasteiger partial charge in [0.1, 0.15) is 10.8 Å². The number of thiazole rings is 1. The number of para-hydroxylation sites is 1. The predicted molar refractivity (Wildman–Crippen MR) is 110 cm³/mol. The van der Waals surface area contributed by atoms with Crippen LogP contribution >= 0.6 is 11.3 Å². The lowest BCUT2D eigenvalue weighted by atomic mass is 10.2. The topological polar surface area (TPSA) is 58.5 Å². The van der Waals surface area contributed by atoms with Gasteiger partial charge in [-0.3, -0.25) is 4.99 Å². The number of benzene rings is 1. The second-order valence-electron chi connectivity index (χ2n) is 6.91. The molecule has 6 heteroatoms. The number of hydrogen-bond donors (Lipinski definition) is 2. The summed E-state index contributed by atoms with van der Waals surface area (Å²) in [5.41, 5.74) is 2.26. The Labute approximate surface area is 160 Å². The molecule has 1 aromatic heterocycles. The minimum atomic E-state index is 0.458. The number of ether oxygens (including phenoxy) is 1. The van der Waals surface area contributed by atoms with Crippen LogP contribution in [0.15, 0.2) is 34.6 Å². The maximum absolute atomic E-state index is 5.91. The van der Waals surface area contributed by atoms with Crippen LogP contribution in [0, 0.1) is 5.92 Å². The Morgan fingerprint density at radius 3 is 2.54 bits per heavy atom. The highest BCUT2D eigenvalue weighted by atomic mass is 32.1. The van der Waals surface area contributed by atoms with Crippen LogP contribution in [0.1, 0.15) is 49.9 Å². The average molecular weight is 375 g/mol. The van der Waals surface area contributed by atoms with E-state index in [0.29, 0.717) is 31.5 Å². The van der Waals surface area contributed by atoms with Gasteiger partial charge in [0.25, 0.3) is 0 Å². The van der Waals surface area contributed by atoms with Crippen molar-refractivity contribution in [3.63, 3.8) is 0 Å². The zero-order valence-corrected chi connectivity index (χ0v) is 17.2. The number of hydrogen-bond acceptors (Lipinski definition) is 4. The second kappa shape index (κ2) is 10.2. The molecule has 0 bridgehead atoms. The number of nitrogens with one attached hydrogen (secondary N) is 2. The summed E-state index contributed by atoms with van der Waals surface area (Å²) in [5, 5.41) is 9.87. The molecule has 0 aliphatic heterocycles. The van der Waals surface area contributed by atoms with E-state index in [4.69, 9.17) is 4.74 Å². The highest BCUT2D eigenvalue weighted by Crippen LogP contribution is 2.19. The van der Waals surface area contributed by atoms with Crippen LogP contribution in [0.5, 0.6) is 5.75 Å². The molecule has 142 valence electrons. The Morgan fingerprint density at radius 1 is 1.15 bits per heavy atom. The maximum Gasteiger partial charge on any atom is 0.191 e. The molecule has 1 heterocycles. The van der Waals surface area contributed by atoms with Crippen LogP contribution in [0.2, 0.25) is 0 Å². The molecule has 0 atom stereocenters. The molecular formula is C20H30N4OS. The fourth-order valence-electron chi connectivity index (χ4n) is 2.28. The molecule has 0 saturated carbocycles. The standard InChI is InChI=1S/C20H30N4OS/c1-14(2)12-25-18-9-7-6-8-16(18)10-22-20(21-5)23-11-19-24-17(13-26-19)15(3)4/h6-9,13-15H,10-12H2,1-5H3,(H2,21,22,23). The van der Waals surface area contributed by atoms with Crippen LogP contribution in [-0.2, 0) is 13.1 Å². The average Bonchev–Trinajstić information content (AvgIpc) is 3.10. The zero-order chi connectivity index (χ0) is 18.9. The molecular weight excluding hydrogens is 344 g/mol. The van der Waals surface area contributed by atoms with Gasteiger partial charge in [-0.2, -0.15) is 0 Å². The minimum absolute atomic E-state index is 0.458. The quantitative estimate of drug-likeness (QED) is 0.538. The van der Waals surface area contributed by atoms with Crippen LogP contribution in [-0.4, -0.2) is 24.6 Å². The van der Waals surface area contributed by atoms with Crippen LogP contribution in [0.25, 0.3) is 0 Å². The molecule has 26 heavy (non-hydrogen) atoms. The smallest absolute Gasteiger partial charge is 0.191 e. The molecule has 2 aromatic rings. The van der Waals surface area contributed by atoms with E-state index in [2.05, 4.69) is 59.8 Å². The van der Waals surface area contributed by atoms with E-state index in [1.807, 2.05) is 18.2 Å². The van der Waals surface area contributed by atoms with Gasteiger partial charge in [-0.25, -0.2) is 4.98 Å². The van der Waals surface area contributed by atoms with Crippen molar-refractivity contribution in [3.05, 3.63) is 45.9 Å². The van der Waals surface area contributed by atoms with Crippen molar-refractivity contribution in [1.82, 2.24) is 15.6 Å². The van der Waals surface area contributed by atoms with Gasteiger partial charge in [0.2, 0.25) is 0 Å². The largest absolute Gasteiger partial charge is 0.493 e. The van der Waals surface area contributed by atoms with E-state index in [9.17, 15) is 0 Å². The Balaban J connectivity index is 1.88. The van der Waals surface area contributed by atoms with E-state index in [1.54, 1.807) is 18.4 Å². The highest BCUT2D eigenvalue weighted by molar-refractivity contribution is 7.09. The number of aliphatic imine (C=N–C) groups is 1. The number of guanidine groups is 1. The molecule has 0 amide bonds. The van der Waals surface area contributed by atoms with E-state index >= 15 is 0 Å². The van der Waals surface area contributed by atoms with Gasteiger partial charge in [0.05, 0.1) is 18.8 Å². The SMILES string of the molecule is CN=C(NCc1nc(C(C)C)cs1)NCc1ccccc1OCC(C)C. The van der Waals surface area contributed by atoms with E-state index in [1.165, 1.54) is 0 Å². The lowest BCUT2D eigenvalue weighted by Gasteiger charge is -2.15. The van der Waals surface area contributed by atoms with Crippen molar-refractivity contribution in [3.8, 4) is 5.75 Å². The predicted octanol–water partition coefficient (Wildman–Crippen LogP) is 4.17. The Morgan fingerprint density at radius 2 is 1.88 bits per heavy atom. The summed E-state index contributed by atoms with van der Waals surface area (Å²) < 4.78 is 5.91. The second-order valence-corrected chi connectivity index (χ2v) is 7.86. The molecule has 1 aromatic carbocycles. The lowest BCUT2D eigenvalue weighted by Crippen LogP contribution is -2.36. The summed E-state index contributed by atoms with van der Waals surface area (Å²) in [7, 11) is 1.78. The van der Waals surface area contributed by atoms with Crippen molar-refractivity contribution in [1.29, 1.82) is 0 Å². The summed E-state index contributed by atoms with van der Waals surface area (Å²) in [6.45, 7) is 10.7. The number of rotatable bonds is 8. The lowest BCUT2D eigenvalue weighted by molar-refractivity contribution is 0.268. The van der Waals surface area contributed by atoms with Crippen molar-refractivity contribution < 1.29 is 4.74 Å². The molecule has 2 rings (SSSR count). The maximum atomic E-state index is 5.91. The number of nitrogens with zero attached hydrogens (tertiary/aromatic N) is 2. The molecule has 0 radical (unpaired) electrons. The fraction of sp³-hybridized carbons (Fsp3) is 0.500. The molecule has 0 spiro atoms. The summed E-state index contributed by atoms with van der Waals surface area (Å²) in [5.74, 6) is 2.63. The third-order valence-electron chi connectivity index (χ3n) is 3.78. The van der Waals surface area contributed by atoms with Crippen LogP contribution < -0.4 is 15.4 Å². The third-order valence-corrected chi connectivity index (χ3v) is 4.65. The van der Waals surface area contributed by atoms with Crippen molar-refractivity contribution in [2.75, 3.05) is 13.7 Å². The molecule has 0 aliphatic rings. The van der Waals surface area contributed by atoms with Gasteiger partial charge in [0, 0.05) is 24.5 Å². The normalized spacial score (nSPS) is 11.9. The Bertz CT molecular complexity index is 709. The molecule has 0 unspecified atom stereocenters. The highest BCUT2D eigenvalue weighted by Gasteiger charge is 2.08. The van der Waals surface area contributed by atoms with Gasteiger partial charge in [-0.15, -0.1) is 11.3 Å². The van der Waals surface area contributed by atoms with Crippen molar-refractivity contribution in [2.24, 2.45) is 10.9 Å². The van der Waals surface area contributed by atoms with Gasteiger partial charge >= 0.3 is 0 Å². The van der Waals surface area contributed by atoms with Gasteiger partial charge in [-0.05, 0) is 17.9 Å². The fourth-order valence-corrected chi connectivity index (χ4v) is 3.17. The van der Waals surface area contributed by atoms with E-state index in [-0.39, 0.29) is 0 Å². The summed E-state index contributed by atoms with van der Waals surface area (Å²) in [4.78, 5) is 8.94. The first kappa shape index (κ1) is 20.2. The Kier molecular flexibility index (Phi) is 7.91. The van der Waals surface area contributed by atoms with Gasteiger partial charge in [-0.1, -0.05) is 45.9 Å². The first-order valence-electron chi connectivity index (χ1n) is 9.09. The van der Waals surface area contributed by atoms with Crippen LogP contribution in [0.4, 0.5) is 0 Å². The zero-order valence-electron chi connectivity index (χ0n) is 16.4.